The van der Waals surface area contributed by atoms with Crippen molar-refractivity contribution in [3.05, 3.63) is 0 Å². The molecule has 49 valence electrons. The maximum atomic E-state index is 8.90. The van der Waals surface area contributed by atoms with Gasteiger partial charge in [0.25, 0.3) is 0 Å². The zero-order valence-corrected chi connectivity index (χ0v) is 5.59. The van der Waals surface area contributed by atoms with Gasteiger partial charge in [0, 0.05) is 13.1 Å². The third-order valence-electron chi connectivity index (χ3n) is 1.03. The molecular weight excluding hydrogens is 102 g/mol. The third-order valence-corrected chi connectivity index (χ3v) is 1.03. The van der Waals surface area contributed by atoms with Crippen LogP contribution in [0.15, 0.2) is 0 Å². The molecular formula is C6H14NO. The molecule has 1 atom stereocenters. The lowest BCUT2D eigenvalue weighted by atomic mass is 10.3. The largest absolute Gasteiger partial charge is 0.392 e. The molecule has 0 amide bonds. The fourth-order valence-corrected chi connectivity index (χ4v) is 0.407. The molecule has 0 fully saturated rings. The van der Waals surface area contributed by atoms with E-state index in [4.69, 9.17) is 5.11 Å². The Morgan fingerprint density at radius 3 is 2.50 bits per heavy atom. The highest BCUT2D eigenvalue weighted by Crippen LogP contribution is 1.85. The molecule has 1 unspecified atom stereocenters. The van der Waals surface area contributed by atoms with E-state index in [-0.39, 0.29) is 6.10 Å². The van der Waals surface area contributed by atoms with Crippen LogP contribution in [-0.4, -0.2) is 24.3 Å². The van der Waals surface area contributed by atoms with E-state index >= 15 is 0 Å². The van der Waals surface area contributed by atoms with Gasteiger partial charge in [-0.3, -0.25) is 0 Å². The van der Waals surface area contributed by atoms with Crippen LogP contribution < -0.4 is 5.32 Å². The van der Waals surface area contributed by atoms with Crippen molar-refractivity contribution in [2.45, 2.75) is 26.4 Å². The SMILES string of the molecule is CC[N]CC(O)CC. The average Bonchev–Trinajstić information content (AvgIpc) is 1.83. The Morgan fingerprint density at radius 1 is 1.50 bits per heavy atom. The fraction of sp³-hybridized carbons (Fsp3) is 1.00. The number of rotatable bonds is 4. The van der Waals surface area contributed by atoms with Crippen molar-refractivity contribution in [1.82, 2.24) is 5.32 Å². The van der Waals surface area contributed by atoms with Crippen LogP contribution in [0.2, 0.25) is 0 Å². The minimum Gasteiger partial charge on any atom is -0.392 e. The predicted molar refractivity (Wildman–Crippen MR) is 33.8 cm³/mol. The van der Waals surface area contributed by atoms with E-state index in [0.717, 1.165) is 13.0 Å². The Hall–Kier alpha value is -0.0800. The summed E-state index contributed by atoms with van der Waals surface area (Å²) in [7, 11) is 0. The second-order valence-electron chi connectivity index (χ2n) is 1.78. The summed E-state index contributed by atoms with van der Waals surface area (Å²) in [6.07, 6.45) is 0.596. The molecule has 2 nitrogen and oxygen atoms in total. The van der Waals surface area contributed by atoms with Gasteiger partial charge in [-0.25, -0.2) is 5.32 Å². The van der Waals surface area contributed by atoms with Crippen LogP contribution >= 0.6 is 0 Å². The summed E-state index contributed by atoms with van der Waals surface area (Å²) in [5.41, 5.74) is 0. The van der Waals surface area contributed by atoms with Gasteiger partial charge in [0.15, 0.2) is 0 Å². The average molecular weight is 116 g/mol. The van der Waals surface area contributed by atoms with Crippen molar-refractivity contribution in [3.8, 4) is 0 Å². The van der Waals surface area contributed by atoms with E-state index in [0.29, 0.717) is 6.54 Å². The van der Waals surface area contributed by atoms with E-state index < -0.39 is 0 Å². The summed E-state index contributed by atoms with van der Waals surface area (Å²) in [6, 6.07) is 0. The molecule has 8 heavy (non-hydrogen) atoms. The highest BCUT2D eigenvalue weighted by molar-refractivity contribution is 4.53. The van der Waals surface area contributed by atoms with E-state index in [1.807, 2.05) is 13.8 Å². The summed E-state index contributed by atoms with van der Waals surface area (Å²) in [4.78, 5) is 0. The van der Waals surface area contributed by atoms with Crippen molar-refractivity contribution in [2.75, 3.05) is 13.1 Å². The van der Waals surface area contributed by atoms with Gasteiger partial charge in [-0.1, -0.05) is 13.8 Å². The smallest absolute Gasteiger partial charge is 0.0678 e. The van der Waals surface area contributed by atoms with Crippen molar-refractivity contribution in [2.24, 2.45) is 0 Å². The monoisotopic (exact) mass is 116 g/mol. The molecule has 0 rings (SSSR count). The van der Waals surface area contributed by atoms with Crippen molar-refractivity contribution in [3.63, 3.8) is 0 Å². The summed E-state index contributed by atoms with van der Waals surface area (Å²) < 4.78 is 0. The lowest BCUT2D eigenvalue weighted by Gasteiger charge is -2.04. The molecule has 0 aromatic rings. The van der Waals surface area contributed by atoms with Crippen molar-refractivity contribution < 1.29 is 5.11 Å². The summed E-state index contributed by atoms with van der Waals surface area (Å²) in [6.45, 7) is 5.35. The van der Waals surface area contributed by atoms with Gasteiger partial charge in [0.2, 0.25) is 0 Å². The highest BCUT2D eigenvalue weighted by Gasteiger charge is 1.96. The number of hydrogen-bond donors (Lipinski definition) is 1. The Labute approximate surface area is 50.9 Å². The van der Waals surface area contributed by atoms with Gasteiger partial charge in [-0.15, -0.1) is 0 Å². The molecule has 0 aliphatic carbocycles. The number of aliphatic hydroxyl groups excluding tert-OH is 1. The maximum Gasteiger partial charge on any atom is 0.0678 e. The number of nitrogens with zero attached hydrogens (tertiary/aromatic N) is 1. The highest BCUT2D eigenvalue weighted by atomic mass is 16.3. The second kappa shape index (κ2) is 5.06. The topological polar surface area (TPSA) is 34.3 Å². The van der Waals surface area contributed by atoms with E-state index in [9.17, 15) is 0 Å². The number of aliphatic hydroxyl groups is 1. The molecule has 0 aliphatic heterocycles. The van der Waals surface area contributed by atoms with Gasteiger partial charge in [0.1, 0.15) is 0 Å². The Balaban J connectivity index is 2.86. The van der Waals surface area contributed by atoms with Gasteiger partial charge in [-0.2, -0.15) is 0 Å². The van der Waals surface area contributed by atoms with Crippen LogP contribution in [-0.2, 0) is 0 Å². The summed E-state index contributed by atoms with van der Waals surface area (Å²) in [5, 5.41) is 12.9. The Morgan fingerprint density at radius 2 is 2.12 bits per heavy atom. The molecule has 0 saturated heterocycles. The van der Waals surface area contributed by atoms with Crippen LogP contribution in [0.25, 0.3) is 0 Å². The normalized spacial score (nSPS) is 13.9. The Bertz CT molecular complexity index is 47.8. The molecule has 0 bridgehead atoms. The van der Waals surface area contributed by atoms with E-state index in [1.165, 1.54) is 0 Å². The first-order chi connectivity index (χ1) is 3.81. The van der Waals surface area contributed by atoms with E-state index in [1.54, 1.807) is 0 Å². The first kappa shape index (κ1) is 7.92. The zero-order valence-electron chi connectivity index (χ0n) is 5.59. The molecule has 0 spiro atoms. The minimum absolute atomic E-state index is 0.213. The molecule has 1 N–H and O–H groups in total. The summed E-state index contributed by atoms with van der Waals surface area (Å²) in [5.74, 6) is 0. The lowest BCUT2D eigenvalue weighted by molar-refractivity contribution is 0.167. The molecule has 0 aromatic heterocycles. The van der Waals surface area contributed by atoms with Crippen LogP contribution in [0.1, 0.15) is 20.3 Å². The molecule has 0 saturated carbocycles. The third kappa shape index (κ3) is 4.09. The fourth-order valence-electron chi connectivity index (χ4n) is 0.407. The van der Waals surface area contributed by atoms with Crippen LogP contribution in [0.3, 0.4) is 0 Å². The van der Waals surface area contributed by atoms with Crippen LogP contribution in [0.4, 0.5) is 0 Å². The van der Waals surface area contributed by atoms with Crippen LogP contribution in [0, 0.1) is 0 Å². The molecule has 0 heterocycles. The maximum absolute atomic E-state index is 8.90. The van der Waals surface area contributed by atoms with Gasteiger partial charge in [0.05, 0.1) is 6.10 Å². The standard InChI is InChI=1S/C6H14NO/c1-3-6(8)5-7-4-2/h6,8H,3-5H2,1-2H3. The molecule has 2 heteroatoms. The van der Waals surface area contributed by atoms with Gasteiger partial charge in [-0.05, 0) is 6.42 Å². The molecule has 1 radical (unpaired) electrons. The van der Waals surface area contributed by atoms with Gasteiger partial charge >= 0.3 is 0 Å². The lowest BCUT2D eigenvalue weighted by Crippen LogP contribution is -2.19. The predicted octanol–water partition coefficient (Wildman–Crippen LogP) is 0.382. The first-order valence-corrected chi connectivity index (χ1v) is 3.12. The zero-order chi connectivity index (χ0) is 6.41. The quantitative estimate of drug-likeness (QED) is 0.566. The Kier molecular flexibility index (Phi) is 5.01. The minimum atomic E-state index is -0.213. The van der Waals surface area contributed by atoms with Gasteiger partial charge < -0.3 is 5.11 Å². The number of hydrogen-bond acceptors (Lipinski definition) is 1. The second-order valence-corrected chi connectivity index (χ2v) is 1.78. The van der Waals surface area contributed by atoms with E-state index in [2.05, 4.69) is 5.32 Å². The van der Waals surface area contributed by atoms with Crippen molar-refractivity contribution >= 4 is 0 Å². The first-order valence-electron chi connectivity index (χ1n) is 3.12. The van der Waals surface area contributed by atoms with Crippen LogP contribution in [0.5, 0.6) is 0 Å². The van der Waals surface area contributed by atoms with Crippen molar-refractivity contribution in [1.29, 1.82) is 0 Å². The molecule has 0 aliphatic rings. The molecule has 0 aromatic carbocycles. The summed E-state index contributed by atoms with van der Waals surface area (Å²) >= 11 is 0. The number of likely N-dealkylation sites (N-methyl/N-ethyl adjacent to an activating group) is 1.